The number of carbonyl (C=O) groups is 1. The van der Waals surface area contributed by atoms with Gasteiger partial charge in [-0.1, -0.05) is 13.8 Å². The summed E-state index contributed by atoms with van der Waals surface area (Å²) in [5.74, 6) is 0.485. The van der Waals surface area contributed by atoms with Crippen LogP contribution in [0.3, 0.4) is 0 Å². The Balaban J connectivity index is 1.36. The zero-order chi connectivity index (χ0) is 22.7. The molecular weight excluding hydrogens is 408 g/mol. The number of nitrogens with one attached hydrogen (secondary N) is 1. The molecule has 32 heavy (non-hydrogen) atoms. The minimum Gasteiger partial charge on any atom is -0.463 e. The molecule has 0 aliphatic carbocycles. The van der Waals surface area contributed by atoms with E-state index in [1.807, 2.05) is 19.9 Å². The average molecular weight is 443 g/mol. The lowest BCUT2D eigenvalue weighted by molar-refractivity contribution is -0.124. The lowest BCUT2D eigenvalue weighted by Crippen LogP contribution is -2.47. The van der Waals surface area contributed by atoms with Crippen molar-refractivity contribution in [3.63, 3.8) is 0 Å². The Bertz CT molecular complexity index is 1120. The second-order valence-electron chi connectivity index (χ2n) is 8.58. The van der Waals surface area contributed by atoms with Gasteiger partial charge in [-0.15, -0.1) is 0 Å². The topological polar surface area (TPSA) is 88.0 Å². The predicted octanol–water partition coefficient (Wildman–Crippen LogP) is 2.04. The molecule has 1 saturated heterocycles. The van der Waals surface area contributed by atoms with E-state index < -0.39 is 6.04 Å². The van der Waals surface area contributed by atoms with Gasteiger partial charge in [0.2, 0.25) is 5.91 Å². The molecule has 1 atom stereocenters. The van der Waals surface area contributed by atoms with Crippen molar-refractivity contribution in [1.29, 1.82) is 0 Å². The van der Waals surface area contributed by atoms with Gasteiger partial charge < -0.3 is 19.5 Å². The molecule has 9 heteroatoms. The maximum atomic E-state index is 13.1. The molecule has 0 saturated carbocycles. The third-order valence-electron chi connectivity index (χ3n) is 6.37. The van der Waals surface area contributed by atoms with Crippen LogP contribution < -0.4 is 10.9 Å². The molecule has 1 amide bonds. The minimum atomic E-state index is -0.634. The molecule has 174 valence electrons. The Morgan fingerprint density at radius 2 is 1.88 bits per heavy atom. The van der Waals surface area contributed by atoms with E-state index in [1.54, 1.807) is 16.7 Å². The van der Waals surface area contributed by atoms with Gasteiger partial charge in [-0.2, -0.15) is 5.10 Å². The summed E-state index contributed by atoms with van der Waals surface area (Å²) < 4.78 is 8.54. The number of aryl methyl sites for hydroxylation is 1. The smallest absolute Gasteiger partial charge is 0.291 e. The van der Waals surface area contributed by atoms with Crippen molar-refractivity contribution in [2.75, 3.05) is 45.8 Å². The predicted molar refractivity (Wildman–Crippen MR) is 124 cm³/mol. The summed E-state index contributed by atoms with van der Waals surface area (Å²) in [6, 6.07) is 2.90. The van der Waals surface area contributed by atoms with Crippen LogP contribution in [0.15, 0.2) is 27.6 Å². The van der Waals surface area contributed by atoms with Crippen LogP contribution in [0.4, 0.5) is 0 Å². The summed E-state index contributed by atoms with van der Waals surface area (Å²) >= 11 is 0. The van der Waals surface area contributed by atoms with E-state index >= 15 is 0 Å². The largest absolute Gasteiger partial charge is 0.463 e. The van der Waals surface area contributed by atoms with Gasteiger partial charge >= 0.3 is 0 Å². The van der Waals surface area contributed by atoms with Gasteiger partial charge in [-0.3, -0.25) is 14.0 Å². The van der Waals surface area contributed by atoms with Crippen LogP contribution >= 0.6 is 0 Å². The Labute approximate surface area is 188 Å². The molecule has 1 aliphatic heterocycles. The van der Waals surface area contributed by atoms with Crippen LogP contribution in [0.25, 0.3) is 16.6 Å². The molecule has 1 N–H and O–H groups in total. The van der Waals surface area contributed by atoms with E-state index in [9.17, 15) is 9.59 Å². The first-order valence-electron chi connectivity index (χ1n) is 11.7. The Kier molecular flexibility index (Phi) is 6.95. The fraction of sp³-hybridized carbons (Fsp3) is 0.609. The highest BCUT2D eigenvalue weighted by atomic mass is 16.3. The standard InChI is InChI=1S/C23H34N6O3/c1-4-9-26-11-13-27(14-12-26)10-6-8-24-22(30)18(5-2)29-23(31)20-16-21-19(7-15-32-21)28(20)17(3)25-29/h7,15-16,18H,4-6,8-14H2,1-3H3,(H,24,30)/t18-/m0/s1. The van der Waals surface area contributed by atoms with Crippen molar-refractivity contribution < 1.29 is 9.21 Å². The first-order chi connectivity index (χ1) is 15.5. The Morgan fingerprint density at radius 1 is 1.16 bits per heavy atom. The summed E-state index contributed by atoms with van der Waals surface area (Å²) in [5.41, 5.74) is 1.63. The number of hydrogen-bond acceptors (Lipinski definition) is 6. The first-order valence-corrected chi connectivity index (χ1v) is 11.7. The zero-order valence-electron chi connectivity index (χ0n) is 19.3. The van der Waals surface area contributed by atoms with Crippen molar-refractivity contribution in [2.45, 2.75) is 46.1 Å². The average Bonchev–Trinajstić information content (AvgIpc) is 3.38. The number of aromatic nitrogens is 3. The highest BCUT2D eigenvalue weighted by Gasteiger charge is 2.24. The van der Waals surface area contributed by atoms with Crippen molar-refractivity contribution in [2.24, 2.45) is 0 Å². The van der Waals surface area contributed by atoms with E-state index in [2.05, 4.69) is 27.1 Å². The monoisotopic (exact) mass is 442 g/mol. The summed E-state index contributed by atoms with van der Waals surface area (Å²) in [4.78, 5) is 31.0. The number of carbonyl (C=O) groups excluding carboxylic acids is 1. The number of furan rings is 1. The quantitative estimate of drug-likeness (QED) is 0.510. The van der Waals surface area contributed by atoms with E-state index in [4.69, 9.17) is 4.42 Å². The molecule has 9 nitrogen and oxygen atoms in total. The number of piperazine rings is 1. The first kappa shape index (κ1) is 22.5. The minimum absolute atomic E-state index is 0.158. The van der Waals surface area contributed by atoms with Crippen LogP contribution in [-0.2, 0) is 4.79 Å². The van der Waals surface area contributed by atoms with Crippen LogP contribution in [0.2, 0.25) is 0 Å². The van der Waals surface area contributed by atoms with Crippen molar-refractivity contribution in [1.82, 2.24) is 29.3 Å². The van der Waals surface area contributed by atoms with Crippen LogP contribution in [0.5, 0.6) is 0 Å². The van der Waals surface area contributed by atoms with Gasteiger partial charge in [0.25, 0.3) is 5.56 Å². The molecule has 0 bridgehead atoms. The van der Waals surface area contributed by atoms with E-state index in [0.717, 1.165) is 44.7 Å². The van der Waals surface area contributed by atoms with E-state index in [1.165, 1.54) is 17.6 Å². The molecule has 0 radical (unpaired) electrons. The van der Waals surface area contributed by atoms with Crippen LogP contribution in [0.1, 0.15) is 45.0 Å². The van der Waals surface area contributed by atoms with Gasteiger partial charge in [0.15, 0.2) is 5.58 Å². The molecule has 1 aliphatic rings. The Morgan fingerprint density at radius 3 is 2.56 bits per heavy atom. The maximum absolute atomic E-state index is 13.1. The molecule has 4 rings (SSSR count). The summed E-state index contributed by atoms with van der Waals surface area (Å²) in [7, 11) is 0. The molecule has 0 unspecified atom stereocenters. The van der Waals surface area contributed by atoms with E-state index in [-0.39, 0.29) is 11.5 Å². The second kappa shape index (κ2) is 9.87. The third kappa shape index (κ3) is 4.45. The maximum Gasteiger partial charge on any atom is 0.291 e. The lowest BCUT2D eigenvalue weighted by Gasteiger charge is -2.34. The summed E-state index contributed by atoms with van der Waals surface area (Å²) in [6.45, 7) is 13.1. The van der Waals surface area contributed by atoms with Gasteiger partial charge in [-0.05, 0) is 39.3 Å². The number of rotatable bonds is 9. The van der Waals surface area contributed by atoms with Crippen LogP contribution in [0, 0.1) is 6.92 Å². The molecule has 3 aromatic rings. The number of nitrogens with zero attached hydrogens (tertiary/aromatic N) is 5. The number of amides is 1. The molecule has 0 spiro atoms. The third-order valence-corrected chi connectivity index (χ3v) is 6.37. The summed E-state index contributed by atoms with van der Waals surface area (Å²) in [6.07, 6.45) is 4.18. The normalized spacial score (nSPS) is 16.7. The fourth-order valence-electron chi connectivity index (χ4n) is 4.66. The highest BCUT2D eigenvalue weighted by Crippen LogP contribution is 2.21. The van der Waals surface area contributed by atoms with E-state index in [0.29, 0.717) is 29.9 Å². The molecule has 3 aromatic heterocycles. The fourth-order valence-corrected chi connectivity index (χ4v) is 4.66. The van der Waals surface area contributed by atoms with Crippen molar-refractivity contribution >= 4 is 22.5 Å². The van der Waals surface area contributed by atoms with Crippen molar-refractivity contribution in [3.8, 4) is 0 Å². The zero-order valence-corrected chi connectivity index (χ0v) is 19.3. The highest BCUT2D eigenvalue weighted by molar-refractivity contribution is 5.83. The number of hydrogen-bond donors (Lipinski definition) is 1. The lowest BCUT2D eigenvalue weighted by atomic mass is 10.2. The van der Waals surface area contributed by atoms with Gasteiger partial charge in [0, 0.05) is 44.9 Å². The molecule has 0 aromatic carbocycles. The second-order valence-corrected chi connectivity index (χ2v) is 8.58. The molecular formula is C23H34N6O3. The SMILES string of the molecule is CCCN1CCN(CCCNC(=O)[C@H](CC)n2nc(C)n3c(cc4occc43)c2=O)CC1. The van der Waals surface area contributed by atoms with Gasteiger partial charge in [0.1, 0.15) is 17.4 Å². The summed E-state index contributed by atoms with van der Waals surface area (Å²) in [5, 5.41) is 7.49. The van der Waals surface area contributed by atoms with Gasteiger partial charge in [0.05, 0.1) is 11.8 Å². The van der Waals surface area contributed by atoms with Gasteiger partial charge in [-0.25, -0.2) is 4.68 Å². The van der Waals surface area contributed by atoms with Crippen LogP contribution in [-0.4, -0.2) is 75.7 Å². The number of fused-ring (bicyclic) bond motifs is 3. The Hall–Kier alpha value is -2.65. The molecule has 1 fully saturated rings. The molecule has 4 heterocycles. The van der Waals surface area contributed by atoms with Crippen molar-refractivity contribution in [3.05, 3.63) is 34.6 Å².